The predicted octanol–water partition coefficient (Wildman–Crippen LogP) is 7.44. The van der Waals surface area contributed by atoms with Crippen LogP contribution in [0.4, 0.5) is 18.9 Å². The summed E-state index contributed by atoms with van der Waals surface area (Å²) in [4.78, 5) is 13.3. The van der Waals surface area contributed by atoms with Crippen LogP contribution < -0.4 is 4.90 Å². The first-order chi connectivity index (χ1) is 15.8. The van der Waals surface area contributed by atoms with Gasteiger partial charge < -0.3 is 0 Å². The van der Waals surface area contributed by atoms with Crippen LogP contribution in [-0.4, -0.2) is 6.41 Å². The average molecular weight is 448 g/mol. The summed E-state index contributed by atoms with van der Waals surface area (Å²) >= 11 is 0. The highest BCUT2D eigenvalue weighted by Crippen LogP contribution is 2.36. The fraction of sp³-hybridized carbons (Fsp3) is 0.185. The van der Waals surface area contributed by atoms with Crippen molar-refractivity contribution >= 4 is 17.7 Å². The highest BCUT2D eigenvalue weighted by atomic mass is 19.4. The number of amides is 1. The van der Waals surface area contributed by atoms with Gasteiger partial charge in [0.25, 0.3) is 0 Å². The van der Waals surface area contributed by atoms with Crippen molar-refractivity contribution in [1.29, 1.82) is 5.26 Å². The van der Waals surface area contributed by atoms with E-state index in [4.69, 9.17) is 5.26 Å². The molecule has 0 unspecified atom stereocenters. The normalized spacial score (nSPS) is 12.0. The Hall–Kier alpha value is -3.85. The van der Waals surface area contributed by atoms with Crippen LogP contribution in [0, 0.1) is 11.3 Å². The van der Waals surface area contributed by atoms with E-state index in [1.165, 1.54) is 17.0 Å². The largest absolute Gasteiger partial charge is 0.416 e. The Labute approximate surface area is 191 Å². The summed E-state index contributed by atoms with van der Waals surface area (Å²) in [6, 6.07) is 21.7. The molecule has 0 atom stereocenters. The number of nitrogens with zero attached hydrogens (tertiary/aromatic N) is 2. The van der Waals surface area contributed by atoms with Gasteiger partial charge in [-0.2, -0.15) is 18.4 Å². The predicted molar refractivity (Wildman–Crippen MR) is 124 cm³/mol. The molecule has 0 spiro atoms. The molecule has 33 heavy (non-hydrogen) atoms. The number of hydrogen-bond acceptors (Lipinski definition) is 2. The number of benzene rings is 3. The Bertz CT molecular complexity index is 1210. The lowest BCUT2D eigenvalue weighted by atomic mass is 9.90. The van der Waals surface area contributed by atoms with Crippen LogP contribution in [0.1, 0.15) is 43.4 Å². The fourth-order valence-electron chi connectivity index (χ4n) is 3.79. The molecule has 0 heterocycles. The maximum absolute atomic E-state index is 13.2. The van der Waals surface area contributed by atoms with Gasteiger partial charge in [-0.25, -0.2) is 0 Å². The molecule has 6 heteroatoms. The summed E-state index contributed by atoms with van der Waals surface area (Å²) in [5.74, 6) is 0. The third-order valence-electron chi connectivity index (χ3n) is 5.43. The second-order valence-electron chi connectivity index (χ2n) is 7.57. The minimum absolute atomic E-state index is 0.154. The van der Waals surface area contributed by atoms with E-state index in [0.717, 1.165) is 40.8 Å². The van der Waals surface area contributed by atoms with E-state index < -0.39 is 11.7 Å². The molecule has 0 saturated carbocycles. The van der Waals surface area contributed by atoms with Gasteiger partial charge in [0.15, 0.2) is 0 Å². The number of anilines is 1. The molecule has 0 saturated heterocycles. The Kier molecular flexibility index (Phi) is 7.34. The molecule has 168 valence electrons. The molecule has 3 nitrogen and oxygen atoms in total. The first kappa shape index (κ1) is 23.8. The van der Waals surface area contributed by atoms with Gasteiger partial charge in [-0.15, -0.1) is 0 Å². The van der Waals surface area contributed by atoms with Crippen molar-refractivity contribution in [2.75, 3.05) is 4.90 Å². The van der Waals surface area contributed by atoms with Crippen LogP contribution in [0.3, 0.4) is 0 Å². The van der Waals surface area contributed by atoms with Crippen LogP contribution in [0.15, 0.2) is 78.5 Å². The molecule has 0 aliphatic heterocycles. The quantitative estimate of drug-likeness (QED) is 0.353. The maximum atomic E-state index is 13.2. The zero-order chi connectivity index (χ0) is 24.0. The summed E-state index contributed by atoms with van der Waals surface area (Å²) in [5.41, 5.74) is 4.03. The molecule has 0 radical (unpaired) electrons. The van der Waals surface area contributed by atoms with Crippen LogP contribution in [0.25, 0.3) is 16.7 Å². The van der Waals surface area contributed by atoms with Crippen LogP contribution in [0.2, 0.25) is 0 Å². The Morgan fingerprint density at radius 2 is 1.73 bits per heavy atom. The monoisotopic (exact) mass is 448 g/mol. The zero-order valence-corrected chi connectivity index (χ0v) is 18.4. The number of allylic oxidation sites excluding steroid dienone is 2. The van der Waals surface area contributed by atoms with Gasteiger partial charge in [-0.1, -0.05) is 55.8 Å². The summed E-state index contributed by atoms with van der Waals surface area (Å²) < 4.78 is 39.7. The molecule has 0 fully saturated rings. The van der Waals surface area contributed by atoms with Crippen LogP contribution in [-0.2, 0) is 11.0 Å². The van der Waals surface area contributed by atoms with E-state index in [-0.39, 0.29) is 5.69 Å². The summed E-state index contributed by atoms with van der Waals surface area (Å²) in [6.07, 6.45) is -2.55. The number of carbonyl (C=O) groups excluding carboxylic acids is 1. The van der Waals surface area contributed by atoms with Gasteiger partial charge in [0.1, 0.15) is 0 Å². The van der Waals surface area contributed by atoms with E-state index in [9.17, 15) is 18.0 Å². The molecule has 0 aromatic heterocycles. The summed E-state index contributed by atoms with van der Waals surface area (Å²) in [6.45, 7) is 3.75. The van der Waals surface area contributed by atoms with Crippen molar-refractivity contribution in [3.05, 3.63) is 95.2 Å². The molecule has 0 bridgehead atoms. The Balaban J connectivity index is 2.16. The van der Waals surface area contributed by atoms with Gasteiger partial charge in [0.05, 0.1) is 17.2 Å². The second-order valence-corrected chi connectivity index (χ2v) is 7.57. The molecule has 0 N–H and O–H groups in total. The molecular weight excluding hydrogens is 425 g/mol. The van der Waals surface area contributed by atoms with E-state index in [1.54, 1.807) is 19.1 Å². The lowest BCUT2D eigenvalue weighted by molar-refractivity contribution is -0.137. The van der Waals surface area contributed by atoms with Crippen molar-refractivity contribution in [2.24, 2.45) is 0 Å². The Morgan fingerprint density at radius 1 is 1.03 bits per heavy atom. The number of alkyl halides is 3. The highest BCUT2D eigenvalue weighted by molar-refractivity contribution is 5.89. The van der Waals surface area contributed by atoms with E-state index in [2.05, 4.69) is 6.07 Å². The minimum Gasteiger partial charge on any atom is -0.287 e. The SMILES string of the molecule is CCC/C(=C(/C)N(C=O)c1cccc(C(F)(F)F)c1)c1ccccc1-c1ccc(C#N)cc1. The van der Waals surface area contributed by atoms with Crippen molar-refractivity contribution in [3.63, 3.8) is 0 Å². The topological polar surface area (TPSA) is 44.1 Å². The van der Waals surface area contributed by atoms with E-state index in [1.807, 2.05) is 43.3 Å². The molecule has 3 aromatic rings. The third-order valence-corrected chi connectivity index (χ3v) is 5.43. The zero-order valence-electron chi connectivity index (χ0n) is 18.4. The third kappa shape index (κ3) is 5.32. The lowest BCUT2D eigenvalue weighted by Gasteiger charge is -2.24. The van der Waals surface area contributed by atoms with Gasteiger partial charge in [0.2, 0.25) is 6.41 Å². The van der Waals surface area contributed by atoms with Crippen molar-refractivity contribution in [2.45, 2.75) is 32.9 Å². The summed E-state index contributed by atoms with van der Waals surface area (Å²) in [7, 11) is 0. The maximum Gasteiger partial charge on any atom is 0.416 e. The van der Waals surface area contributed by atoms with E-state index >= 15 is 0 Å². The van der Waals surface area contributed by atoms with Gasteiger partial charge in [0, 0.05) is 11.4 Å². The smallest absolute Gasteiger partial charge is 0.287 e. The van der Waals surface area contributed by atoms with Crippen LogP contribution >= 0.6 is 0 Å². The average Bonchev–Trinajstić information content (AvgIpc) is 2.83. The number of carbonyl (C=O) groups is 1. The fourth-order valence-corrected chi connectivity index (χ4v) is 3.79. The number of hydrogen-bond donors (Lipinski definition) is 0. The van der Waals surface area contributed by atoms with Crippen molar-refractivity contribution in [3.8, 4) is 17.2 Å². The molecule has 3 aromatic carbocycles. The van der Waals surface area contributed by atoms with Crippen LogP contribution in [0.5, 0.6) is 0 Å². The molecular formula is C27H23F3N2O. The molecule has 0 aliphatic rings. The Morgan fingerprint density at radius 3 is 2.33 bits per heavy atom. The van der Waals surface area contributed by atoms with E-state index in [0.29, 0.717) is 24.1 Å². The summed E-state index contributed by atoms with van der Waals surface area (Å²) in [5, 5.41) is 9.08. The van der Waals surface area contributed by atoms with Gasteiger partial charge in [-0.3, -0.25) is 9.69 Å². The molecule has 3 rings (SSSR count). The molecule has 0 aliphatic carbocycles. The number of nitriles is 1. The van der Waals surface area contributed by atoms with Crippen molar-refractivity contribution < 1.29 is 18.0 Å². The number of halogens is 3. The standard InChI is InChI=1S/C27H23F3N2O/c1-3-7-24(19(2)32(18-33)23-9-6-8-22(16-23)27(28,29)30)26-11-5-4-10-25(26)21-14-12-20(17-31)13-15-21/h4-6,8-16,18H,3,7H2,1-2H3/b24-19+. The van der Waals surface area contributed by atoms with Gasteiger partial charge in [-0.05, 0) is 65.9 Å². The second kappa shape index (κ2) is 10.2. The molecule has 1 amide bonds. The first-order valence-electron chi connectivity index (χ1n) is 10.5. The highest BCUT2D eigenvalue weighted by Gasteiger charge is 2.31. The minimum atomic E-state index is -4.50. The van der Waals surface area contributed by atoms with Gasteiger partial charge >= 0.3 is 6.18 Å². The van der Waals surface area contributed by atoms with Crippen molar-refractivity contribution in [1.82, 2.24) is 0 Å². The first-order valence-corrected chi connectivity index (χ1v) is 10.5. The number of rotatable bonds is 7. The lowest BCUT2D eigenvalue weighted by Crippen LogP contribution is -2.21.